The highest BCUT2D eigenvalue weighted by molar-refractivity contribution is 5.88. The van der Waals surface area contributed by atoms with E-state index >= 15 is 0 Å². The van der Waals surface area contributed by atoms with Crippen LogP contribution in [-0.4, -0.2) is 41.6 Å². The number of aryl methyl sites for hydroxylation is 1. The van der Waals surface area contributed by atoms with Gasteiger partial charge in [0, 0.05) is 31.5 Å². The fraction of sp³-hybridized carbons (Fsp3) is 0.444. The Balaban J connectivity index is 1.43. The number of aromatic nitrogens is 2. The lowest BCUT2D eigenvalue weighted by Crippen LogP contribution is -2.34. The Hall–Kier alpha value is -2.71. The number of urea groups is 1. The smallest absolute Gasteiger partial charge is 0.371 e. The fourth-order valence-electron chi connectivity index (χ4n) is 3.10. The highest BCUT2D eigenvalue weighted by Gasteiger charge is 2.28. The molecule has 0 aliphatic carbocycles. The van der Waals surface area contributed by atoms with E-state index in [1.165, 1.54) is 17.4 Å². The second-order valence-electron chi connectivity index (χ2n) is 6.81. The third kappa shape index (κ3) is 5.63. The highest BCUT2D eigenvalue weighted by atomic mass is 19.4. The Bertz CT molecular complexity index is 772. The summed E-state index contributed by atoms with van der Waals surface area (Å²) in [6.07, 6.45) is -1.03. The Labute approximate surface area is 155 Å². The number of carbonyl (C=O) groups excluding carboxylic acids is 1. The van der Waals surface area contributed by atoms with Crippen molar-refractivity contribution in [2.24, 2.45) is 5.92 Å². The van der Waals surface area contributed by atoms with Gasteiger partial charge in [-0.05, 0) is 31.4 Å². The van der Waals surface area contributed by atoms with Crippen LogP contribution >= 0.6 is 0 Å². The molecule has 1 fully saturated rings. The van der Waals surface area contributed by atoms with Crippen LogP contribution in [0.2, 0.25) is 0 Å². The number of halogens is 3. The molecule has 1 aromatic carbocycles. The van der Waals surface area contributed by atoms with Crippen LogP contribution in [0.25, 0.3) is 0 Å². The summed E-state index contributed by atoms with van der Waals surface area (Å²) >= 11 is 0. The van der Waals surface area contributed by atoms with Gasteiger partial charge in [0.25, 0.3) is 0 Å². The standard InChI is InChI=1S/C18H22F3N5O/c1-13-2-4-16(5-3-13)25-7-6-14(10-25)8-22-17(27)24-15-9-23-26(11-15)12-18(19,20)21/h2-5,9,11,14H,6-8,10,12H2,1H3,(H2,22,24,27)/t14-/m1/s1. The molecule has 3 rings (SSSR count). The van der Waals surface area contributed by atoms with E-state index in [1.807, 2.05) is 6.92 Å². The lowest BCUT2D eigenvalue weighted by atomic mass is 10.1. The molecule has 0 radical (unpaired) electrons. The first-order valence-electron chi connectivity index (χ1n) is 8.74. The zero-order valence-electron chi connectivity index (χ0n) is 15.0. The number of anilines is 2. The minimum atomic E-state index is -4.35. The molecule has 2 N–H and O–H groups in total. The molecule has 1 saturated heterocycles. The number of hydrogen-bond acceptors (Lipinski definition) is 3. The van der Waals surface area contributed by atoms with Crippen LogP contribution in [0.1, 0.15) is 12.0 Å². The molecule has 1 aromatic heterocycles. The van der Waals surface area contributed by atoms with Gasteiger partial charge in [0.05, 0.1) is 11.9 Å². The first kappa shape index (κ1) is 19.1. The number of amides is 2. The number of carbonyl (C=O) groups is 1. The second-order valence-corrected chi connectivity index (χ2v) is 6.81. The number of benzene rings is 1. The SMILES string of the molecule is Cc1ccc(N2CC[C@H](CNC(=O)Nc3cnn(CC(F)(F)F)c3)C2)cc1. The van der Waals surface area contributed by atoms with E-state index < -0.39 is 18.8 Å². The van der Waals surface area contributed by atoms with Gasteiger partial charge in [-0.1, -0.05) is 17.7 Å². The van der Waals surface area contributed by atoms with Gasteiger partial charge in [-0.25, -0.2) is 4.79 Å². The van der Waals surface area contributed by atoms with Gasteiger partial charge < -0.3 is 15.5 Å². The fourth-order valence-corrected chi connectivity index (χ4v) is 3.10. The molecule has 1 atom stereocenters. The third-order valence-corrected chi connectivity index (χ3v) is 4.47. The summed E-state index contributed by atoms with van der Waals surface area (Å²) in [5, 5.41) is 8.87. The summed E-state index contributed by atoms with van der Waals surface area (Å²) in [5.41, 5.74) is 2.61. The van der Waals surface area contributed by atoms with E-state index in [2.05, 4.69) is 44.9 Å². The lowest BCUT2D eigenvalue weighted by molar-refractivity contribution is -0.142. The van der Waals surface area contributed by atoms with Crippen molar-refractivity contribution in [3.8, 4) is 0 Å². The molecule has 9 heteroatoms. The van der Waals surface area contributed by atoms with Crippen LogP contribution < -0.4 is 15.5 Å². The quantitative estimate of drug-likeness (QED) is 0.835. The van der Waals surface area contributed by atoms with Crippen molar-refractivity contribution in [1.82, 2.24) is 15.1 Å². The average molecular weight is 381 g/mol. The molecule has 6 nitrogen and oxygen atoms in total. The largest absolute Gasteiger partial charge is 0.408 e. The third-order valence-electron chi connectivity index (χ3n) is 4.47. The zero-order valence-corrected chi connectivity index (χ0v) is 15.0. The summed E-state index contributed by atoms with van der Waals surface area (Å²) in [6, 6.07) is 7.89. The lowest BCUT2D eigenvalue weighted by Gasteiger charge is -2.19. The van der Waals surface area contributed by atoms with Crippen LogP contribution in [0.5, 0.6) is 0 Å². The number of hydrogen-bond donors (Lipinski definition) is 2. The molecule has 1 aliphatic rings. The Kier molecular flexibility index (Phi) is 5.57. The van der Waals surface area contributed by atoms with Crippen LogP contribution in [0, 0.1) is 12.8 Å². The number of alkyl halides is 3. The van der Waals surface area contributed by atoms with Crippen molar-refractivity contribution in [1.29, 1.82) is 0 Å². The molecule has 0 unspecified atom stereocenters. The maximum absolute atomic E-state index is 12.3. The van der Waals surface area contributed by atoms with E-state index in [0.717, 1.165) is 30.4 Å². The summed E-state index contributed by atoms with van der Waals surface area (Å²) in [7, 11) is 0. The topological polar surface area (TPSA) is 62.2 Å². The van der Waals surface area contributed by atoms with Gasteiger partial charge in [0.15, 0.2) is 0 Å². The molecule has 146 valence electrons. The molecule has 0 bridgehead atoms. The van der Waals surface area contributed by atoms with Crippen LogP contribution in [0.15, 0.2) is 36.7 Å². The summed E-state index contributed by atoms with van der Waals surface area (Å²) < 4.78 is 37.7. The number of nitrogens with zero attached hydrogens (tertiary/aromatic N) is 3. The van der Waals surface area contributed by atoms with Gasteiger partial charge >= 0.3 is 12.2 Å². The van der Waals surface area contributed by atoms with E-state index in [4.69, 9.17) is 0 Å². The summed E-state index contributed by atoms with van der Waals surface area (Å²) in [6.45, 7) is 3.15. The second kappa shape index (κ2) is 7.89. The predicted octanol–water partition coefficient (Wildman–Crippen LogP) is 3.40. The number of rotatable bonds is 5. The van der Waals surface area contributed by atoms with E-state index in [-0.39, 0.29) is 5.69 Å². The van der Waals surface area contributed by atoms with Gasteiger partial charge in [0.2, 0.25) is 0 Å². The molecule has 1 aliphatic heterocycles. The minimum absolute atomic E-state index is 0.226. The maximum Gasteiger partial charge on any atom is 0.408 e. The average Bonchev–Trinajstić information content (AvgIpc) is 3.22. The van der Waals surface area contributed by atoms with E-state index in [1.54, 1.807) is 0 Å². The minimum Gasteiger partial charge on any atom is -0.371 e. The molecular weight excluding hydrogens is 359 g/mol. The van der Waals surface area contributed by atoms with Crippen LogP contribution in [-0.2, 0) is 6.54 Å². The molecule has 0 spiro atoms. The van der Waals surface area contributed by atoms with E-state index in [0.29, 0.717) is 12.5 Å². The highest BCUT2D eigenvalue weighted by Crippen LogP contribution is 2.23. The van der Waals surface area contributed by atoms with Crippen LogP contribution in [0.4, 0.5) is 29.3 Å². The summed E-state index contributed by atoms with van der Waals surface area (Å²) in [4.78, 5) is 14.2. The maximum atomic E-state index is 12.3. The monoisotopic (exact) mass is 381 g/mol. The molecular formula is C18H22F3N5O. The van der Waals surface area contributed by atoms with Crippen LogP contribution in [0.3, 0.4) is 0 Å². The van der Waals surface area contributed by atoms with Crippen molar-refractivity contribution in [3.05, 3.63) is 42.2 Å². The van der Waals surface area contributed by atoms with E-state index in [9.17, 15) is 18.0 Å². The van der Waals surface area contributed by atoms with Crippen molar-refractivity contribution >= 4 is 17.4 Å². The van der Waals surface area contributed by atoms with Crippen molar-refractivity contribution in [2.45, 2.75) is 26.1 Å². The van der Waals surface area contributed by atoms with Gasteiger partial charge in [-0.3, -0.25) is 4.68 Å². The predicted molar refractivity (Wildman–Crippen MR) is 96.8 cm³/mol. The van der Waals surface area contributed by atoms with Crippen molar-refractivity contribution in [2.75, 3.05) is 29.9 Å². The normalized spacial score (nSPS) is 17.2. The first-order valence-corrected chi connectivity index (χ1v) is 8.74. The Morgan fingerprint density at radius 2 is 2.04 bits per heavy atom. The molecule has 0 saturated carbocycles. The Morgan fingerprint density at radius 1 is 1.30 bits per heavy atom. The van der Waals surface area contributed by atoms with Gasteiger partial charge in [0.1, 0.15) is 6.54 Å². The van der Waals surface area contributed by atoms with Crippen molar-refractivity contribution < 1.29 is 18.0 Å². The first-order chi connectivity index (χ1) is 12.8. The van der Waals surface area contributed by atoms with Crippen molar-refractivity contribution in [3.63, 3.8) is 0 Å². The zero-order chi connectivity index (χ0) is 19.4. The molecule has 2 heterocycles. The van der Waals surface area contributed by atoms with Gasteiger partial charge in [-0.15, -0.1) is 0 Å². The summed E-state index contributed by atoms with van der Waals surface area (Å²) in [5.74, 6) is 0.324. The molecule has 2 amide bonds. The van der Waals surface area contributed by atoms with Gasteiger partial charge in [-0.2, -0.15) is 18.3 Å². The molecule has 27 heavy (non-hydrogen) atoms. The number of nitrogens with one attached hydrogen (secondary N) is 2. The Morgan fingerprint density at radius 3 is 2.74 bits per heavy atom. The molecule has 2 aromatic rings.